The van der Waals surface area contributed by atoms with Crippen molar-refractivity contribution in [2.24, 2.45) is 0 Å². The van der Waals surface area contributed by atoms with Gasteiger partial charge in [0, 0.05) is 4.90 Å². The Bertz CT molecular complexity index is 402. The van der Waals surface area contributed by atoms with Crippen LogP contribution in [0.3, 0.4) is 0 Å². The Morgan fingerprint density at radius 1 is 0.938 bits per heavy atom. The lowest BCUT2D eigenvalue weighted by Gasteiger charge is -2.42. The average Bonchev–Trinajstić information content (AvgIpc) is 2.24. The number of rotatable bonds is 1. The zero-order valence-electron chi connectivity index (χ0n) is 11.1. The van der Waals surface area contributed by atoms with Gasteiger partial charge in [-0.15, -0.1) is 11.8 Å². The van der Waals surface area contributed by atoms with Gasteiger partial charge in [-0.05, 0) is 53.2 Å². The largest absolute Gasteiger partial charge is 0.130 e. The fourth-order valence-corrected chi connectivity index (χ4v) is 3.13. The molecule has 1 heteroatoms. The molecule has 0 spiro atoms. The number of fused-ring (bicyclic) bond motifs is 1. The third-order valence-electron chi connectivity index (χ3n) is 4.06. The van der Waals surface area contributed by atoms with E-state index < -0.39 is 0 Å². The first-order chi connectivity index (χ1) is 7.37. The van der Waals surface area contributed by atoms with Crippen LogP contribution in [0.4, 0.5) is 0 Å². The van der Waals surface area contributed by atoms with E-state index in [1.165, 1.54) is 17.7 Å². The first kappa shape index (κ1) is 12.0. The fourth-order valence-electron chi connectivity index (χ4n) is 2.69. The van der Waals surface area contributed by atoms with Crippen molar-refractivity contribution in [2.45, 2.75) is 56.3 Å². The summed E-state index contributed by atoms with van der Waals surface area (Å²) < 4.78 is 0. The second kappa shape index (κ2) is 3.80. The number of benzene rings is 1. The van der Waals surface area contributed by atoms with Crippen LogP contribution in [0.25, 0.3) is 0 Å². The smallest absolute Gasteiger partial charge is 0.00722 e. The predicted octanol–water partition coefficient (Wildman–Crippen LogP) is 4.76. The molecule has 2 rings (SSSR count). The van der Waals surface area contributed by atoms with Gasteiger partial charge in [0.2, 0.25) is 0 Å². The van der Waals surface area contributed by atoms with Gasteiger partial charge in [-0.25, -0.2) is 0 Å². The Hall–Kier alpha value is -0.430. The number of hydrogen-bond acceptors (Lipinski definition) is 1. The van der Waals surface area contributed by atoms with Crippen LogP contribution in [0, 0.1) is 0 Å². The molecule has 0 radical (unpaired) electrons. The maximum Gasteiger partial charge on any atom is 0.00722 e. The van der Waals surface area contributed by atoms with E-state index in [1.807, 2.05) is 11.8 Å². The van der Waals surface area contributed by atoms with Crippen LogP contribution in [-0.2, 0) is 10.8 Å². The van der Waals surface area contributed by atoms with E-state index in [0.29, 0.717) is 10.8 Å². The van der Waals surface area contributed by atoms with E-state index in [0.717, 1.165) is 0 Å². The summed E-state index contributed by atoms with van der Waals surface area (Å²) in [6.07, 6.45) is 4.75. The van der Waals surface area contributed by atoms with Gasteiger partial charge in [-0.2, -0.15) is 0 Å². The van der Waals surface area contributed by atoms with Crippen LogP contribution in [0.15, 0.2) is 23.1 Å². The molecule has 0 N–H and O–H groups in total. The van der Waals surface area contributed by atoms with Crippen molar-refractivity contribution in [1.82, 2.24) is 0 Å². The van der Waals surface area contributed by atoms with Crippen molar-refractivity contribution in [1.29, 1.82) is 0 Å². The highest BCUT2D eigenvalue weighted by Crippen LogP contribution is 2.46. The van der Waals surface area contributed by atoms with Gasteiger partial charge in [-0.1, -0.05) is 33.8 Å². The third kappa shape index (κ3) is 1.90. The molecule has 0 heterocycles. The van der Waals surface area contributed by atoms with Crippen LogP contribution >= 0.6 is 11.8 Å². The molecule has 1 aromatic rings. The summed E-state index contributed by atoms with van der Waals surface area (Å²) in [6, 6.07) is 7.02. The zero-order chi connectivity index (χ0) is 12.0. The Morgan fingerprint density at radius 2 is 1.50 bits per heavy atom. The van der Waals surface area contributed by atoms with E-state index >= 15 is 0 Å². The third-order valence-corrected chi connectivity index (χ3v) is 4.79. The zero-order valence-corrected chi connectivity index (χ0v) is 11.9. The Morgan fingerprint density at radius 3 is 2.06 bits per heavy atom. The molecule has 0 unspecified atom stereocenters. The van der Waals surface area contributed by atoms with Gasteiger partial charge in [0.1, 0.15) is 0 Å². The topological polar surface area (TPSA) is 0 Å². The van der Waals surface area contributed by atoms with E-state index in [2.05, 4.69) is 52.1 Å². The second-order valence-electron chi connectivity index (χ2n) is 6.18. The van der Waals surface area contributed by atoms with Crippen LogP contribution in [0.5, 0.6) is 0 Å². The van der Waals surface area contributed by atoms with Gasteiger partial charge >= 0.3 is 0 Å². The summed E-state index contributed by atoms with van der Waals surface area (Å²) in [4.78, 5) is 1.39. The van der Waals surface area contributed by atoms with Gasteiger partial charge in [0.25, 0.3) is 0 Å². The second-order valence-corrected chi connectivity index (χ2v) is 7.06. The first-order valence-corrected chi connectivity index (χ1v) is 7.28. The van der Waals surface area contributed by atoms with Gasteiger partial charge in [-0.3, -0.25) is 0 Å². The molecule has 0 aromatic heterocycles. The molecule has 0 fully saturated rings. The molecule has 0 atom stereocenters. The minimum Gasteiger partial charge on any atom is -0.130 e. The van der Waals surface area contributed by atoms with Crippen LogP contribution in [0.1, 0.15) is 51.7 Å². The minimum atomic E-state index is 0.344. The van der Waals surface area contributed by atoms with E-state index in [-0.39, 0.29) is 0 Å². The standard InChI is InChI=1S/C15H22S/c1-14(2)8-9-15(3,4)13-10-11(16-5)6-7-12(13)14/h6-7,10H,8-9H2,1-5H3. The maximum atomic E-state index is 2.40. The molecule has 1 aliphatic carbocycles. The van der Waals surface area contributed by atoms with Crippen molar-refractivity contribution in [2.75, 3.05) is 6.26 Å². The Balaban J connectivity index is 2.60. The van der Waals surface area contributed by atoms with E-state index in [1.54, 1.807) is 11.1 Å². The van der Waals surface area contributed by atoms with Gasteiger partial charge in [0.05, 0.1) is 0 Å². The Kier molecular flexibility index (Phi) is 2.86. The van der Waals surface area contributed by atoms with Gasteiger partial charge < -0.3 is 0 Å². The fraction of sp³-hybridized carbons (Fsp3) is 0.600. The van der Waals surface area contributed by atoms with E-state index in [4.69, 9.17) is 0 Å². The first-order valence-electron chi connectivity index (χ1n) is 6.06. The molecule has 0 bridgehead atoms. The van der Waals surface area contributed by atoms with Crippen LogP contribution < -0.4 is 0 Å². The molecule has 0 saturated carbocycles. The highest BCUT2D eigenvalue weighted by Gasteiger charge is 2.36. The SMILES string of the molecule is CSc1ccc2c(c1)C(C)(C)CCC2(C)C. The normalized spacial score (nSPS) is 21.6. The summed E-state index contributed by atoms with van der Waals surface area (Å²) >= 11 is 1.84. The quantitative estimate of drug-likeness (QED) is 0.631. The summed E-state index contributed by atoms with van der Waals surface area (Å²) in [5, 5.41) is 0. The number of hydrogen-bond donors (Lipinski definition) is 0. The lowest BCUT2D eigenvalue weighted by Crippen LogP contribution is -2.33. The molecule has 0 amide bonds. The molecule has 0 nitrogen and oxygen atoms in total. The number of thioether (sulfide) groups is 1. The highest BCUT2D eigenvalue weighted by molar-refractivity contribution is 7.98. The summed E-state index contributed by atoms with van der Waals surface area (Å²) in [6.45, 7) is 9.51. The lowest BCUT2D eigenvalue weighted by atomic mass is 9.63. The van der Waals surface area contributed by atoms with Crippen LogP contribution in [0.2, 0.25) is 0 Å². The van der Waals surface area contributed by atoms with Crippen molar-refractivity contribution >= 4 is 11.8 Å². The van der Waals surface area contributed by atoms with E-state index in [9.17, 15) is 0 Å². The molecule has 1 aromatic carbocycles. The molecule has 88 valence electrons. The molecule has 0 saturated heterocycles. The summed E-state index contributed by atoms with van der Waals surface area (Å²) in [7, 11) is 0. The van der Waals surface area contributed by atoms with Crippen molar-refractivity contribution < 1.29 is 0 Å². The molecular weight excluding hydrogens is 212 g/mol. The predicted molar refractivity (Wildman–Crippen MR) is 73.5 cm³/mol. The summed E-state index contributed by atoms with van der Waals surface area (Å²) in [5.74, 6) is 0. The molecular formula is C15H22S. The molecule has 16 heavy (non-hydrogen) atoms. The summed E-state index contributed by atoms with van der Waals surface area (Å²) in [5.41, 5.74) is 3.82. The van der Waals surface area contributed by atoms with Crippen molar-refractivity contribution in [3.8, 4) is 0 Å². The minimum absolute atomic E-state index is 0.344. The van der Waals surface area contributed by atoms with Gasteiger partial charge in [0.15, 0.2) is 0 Å². The molecule has 0 aliphatic heterocycles. The monoisotopic (exact) mass is 234 g/mol. The van der Waals surface area contributed by atoms with Crippen molar-refractivity contribution in [3.05, 3.63) is 29.3 Å². The molecule has 1 aliphatic rings. The lowest BCUT2D eigenvalue weighted by molar-refractivity contribution is 0.331. The highest BCUT2D eigenvalue weighted by atomic mass is 32.2. The van der Waals surface area contributed by atoms with Crippen LogP contribution in [-0.4, -0.2) is 6.26 Å². The maximum absolute atomic E-state index is 2.40. The Labute approximate surface area is 104 Å². The average molecular weight is 234 g/mol. The van der Waals surface area contributed by atoms with Crippen molar-refractivity contribution in [3.63, 3.8) is 0 Å².